The van der Waals surface area contributed by atoms with E-state index in [1.807, 2.05) is 26.8 Å². The molecule has 5 heteroatoms. The number of likely N-dealkylation sites (N-methyl/N-ethyl adjacent to an activating group) is 1. The summed E-state index contributed by atoms with van der Waals surface area (Å²) in [5, 5.41) is 6.20. The maximum atomic E-state index is 12.3. The summed E-state index contributed by atoms with van der Waals surface area (Å²) in [6, 6.07) is 3.74. The van der Waals surface area contributed by atoms with Crippen LogP contribution in [0.2, 0.25) is 0 Å². The molecule has 1 unspecified atom stereocenters. The molecule has 1 atom stereocenters. The highest BCUT2D eigenvalue weighted by Crippen LogP contribution is 2.10. The molecule has 0 saturated heterocycles. The first kappa shape index (κ1) is 17.4. The van der Waals surface area contributed by atoms with Gasteiger partial charge in [0.25, 0.3) is 5.91 Å². The summed E-state index contributed by atoms with van der Waals surface area (Å²) in [6.45, 7) is 13.9. The average Bonchev–Trinajstić information content (AvgIpc) is 2.44. The van der Waals surface area contributed by atoms with Gasteiger partial charge in [-0.3, -0.25) is 4.79 Å². The minimum atomic E-state index is -0.0423. The van der Waals surface area contributed by atoms with Crippen LogP contribution >= 0.6 is 0 Å². The zero-order valence-corrected chi connectivity index (χ0v) is 13.9. The quantitative estimate of drug-likeness (QED) is 0.772. The van der Waals surface area contributed by atoms with E-state index >= 15 is 0 Å². The predicted octanol–water partition coefficient (Wildman–Crippen LogP) is 2.28. The van der Waals surface area contributed by atoms with Crippen molar-refractivity contribution in [1.82, 2.24) is 15.2 Å². The van der Waals surface area contributed by atoms with E-state index in [4.69, 9.17) is 0 Å². The van der Waals surface area contributed by atoms with Gasteiger partial charge in [0.2, 0.25) is 0 Å². The second-order valence-corrected chi connectivity index (χ2v) is 5.27. The summed E-state index contributed by atoms with van der Waals surface area (Å²) in [5.74, 6) is 0.707. The maximum Gasteiger partial charge on any atom is 0.251 e. The van der Waals surface area contributed by atoms with Gasteiger partial charge in [-0.25, -0.2) is 4.98 Å². The average molecular weight is 292 g/mol. The van der Waals surface area contributed by atoms with E-state index in [-0.39, 0.29) is 11.9 Å². The molecule has 1 aromatic heterocycles. The minimum Gasteiger partial charge on any atom is -0.370 e. The number of amides is 1. The summed E-state index contributed by atoms with van der Waals surface area (Å²) in [5.41, 5.74) is 1.50. The Balaban J connectivity index is 2.70. The molecule has 0 saturated carbocycles. The monoisotopic (exact) mass is 292 g/mol. The van der Waals surface area contributed by atoms with Crippen molar-refractivity contribution >= 4 is 11.7 Å². The van der Waals surface area contributed by atoms with Crippen molar-refractivity contribution in [2.24, 2.45) is 0 Å². The lowest BCUT2D eigenvalue weighted by atomic mass is 10.2. The molecule has 0 bridgehead atoms. The van der Waals surface area contributed by atoms with Crippen molar-refractivity contribution in [3.8, 4) is 0 Å². The summed E-state index contributed by atoms with van der Waals surface area (Å²) >= 11 is 0. The molecule has 0 radical (unpaired) electrons. The molecular formula is C16H28N4O. The van der Waals surface area contributed by atoms with E-state index in [1.165, 1.54) is 0 Å². The third-order valence-electron chi connectivity index (χ3n) is 3.38. The lowest BCUT2D eigenvalue weighted by Crippen LogP contribution is -2.42. The van der Waals surface area contributed by atoms with E-state index in [0.29, 0.717) is 5.56 Å². The van der Waals surface area contributed by atoms with Crippen LogP contribution < -0.4 is 10.6 Å². The summed E-state index contributed by atoms with van der Waals surface area (Å²) in [4.78, 5) is 19.0. The van der Waals surface area contributed by atoms with Gasteiger partial charge in [-0.2, -0.15) is 0 Å². The van der Waals surface area contributed by atoms with Crippen LogP contribution in [0, 0.1) is 6.92 Å². The first-order valence-corrected chi connectivity index (χ1v) is 7.75. The van der Waals surface area contributed by atoms with Crippen LogP contribution in [0.5, 0.6) is 0 Å². The van der Waals surface area contributed by atoms with E-state index in [0.717, 1.165) is 37.7 Å². The Bertz CT molecular complexity index is 458. The van der Waals surface area contributed by atoms with Gasteiger partial charge in [0.05, 0.1) is 0 Å². The van der Waals surface area contributed by atoms with Crippen LogP contribution in [0.15, 0.2) is 12.1 Å². The maximum absolute atomic E-state index is 12.3. The van der Waals surface area contributed by atoms with Crippen LogP contribution in [0.3, 0.4) is 0 Å². The molecule has 1 heterocycles. The van der Waals surface area contributed by atoms with Crippen LogP contribution in [0.1, 0.15) is 43.7 Å². The van der Waals surface area contributed by atoms with Crippen molar-refractivity contribution in [3.05, 3.63) is 23.4 Å². The van der Waals surface area contributed by atoms with Gasteiger partial charge < -0.3 is 15.5 Å². The summed E-state index contributed by atoms with van der Waals surface area (Å²) in [6.07, 6.45) is 0. The molecular weight excluding hydrogens is 264 g/mol. The van der Waals surface area contributed by atoms with Gasteiger partial charge >= 0.3 is 0 Å². The van der Waals surface area contributed by atoms with E-state index < -0.39 is 0 Å². The topological polar surface area (TPSA) is 57.3 Å². The van der Waals surface area contributed by atoms with Crippen molar-refractivity contribution < 1.29 is 4.79 Å². The second-order valence-electron chi connectivity index (χ2n) is 5.27. The zero-order chi connectivity index (χ0) is 15.8. The third-order valence-corrected chi connectivity index (χ3v) is 3.38. The predicted molar refractivity (Wildman–Crippen MR) is 87.9 cm³/mol. The molecule has 1 aromatic rings. The number of carbonyl (C=O) groups excluding carboxylic acids is 1. The lowest BCUT2D eigenvalue weighted by molar-refractivity contribution is 0.0930. The van der Waals surface area contributed by atoms with E-state index in [1.54, 1.807) is 6.07 Å². The van der Waals surface area contributed by atoms with Gasteiger partial charge in [0, 0.05) is 30.4 Å². The van der Waals surface area contributed by atoms with Crippen LogP contribution in [0.4, 0.5) is 5.82 Å². The molecule has 21 heavy (non-hydrogen) atoms. The first-order chi connectivity index (χ1) is 9.99. The summed E-state index contributed by atoms with van der Waals surface area (Å²) < 4.78 is 0. The minimum absolute atomic E-state index is 0.0423. The fraction of sp³-hybridized carbons (Fsp3) is 0.625. The highest BCUT2D eigenvalue weighted by Gasteiger charge is 2.13. The third kappa shape index (κ3) is 5.71. The molecule has 5 nitrogen and oxygen atoms in total. The SMILES string of the molecule is CCNc1cc(C(=O)NC(C)CN(CC)CC)cc(C)n1. The van der Waals surface area contributed by atoms with Gasteiger partial charge in [-0.1, -0.05) is 13.8 Å². The number of carbonyl (C=O) groups is 1. The van der Waals surface area contributed by atoms with Crippen molar-refractivity contribution in [2.45, 2.75) is 40.7 Å². The molecule has 2 N–H and O–H groups in total. The number of hydrogen-bond donors (Lipinski definition) is 2. The largest absolute Gasteiger partial charge is 0.370 e. The smallest absolute Gasteiger partial charge is 0.251 e. The molecule has 0 spiro atoms. The molecule has 0 aliphatic carbocycles. The molecule has 1 amide bonds. The molecule has 1 rings (SSSR count). The van der Waals surface area contributed by atoms with Gasteiger partial charge in [-0.05, 0) is 46.0 Å². The number of anilines is 1. The molecule has 0 aromatic carbocycles. The number of aryl methyl sites for hydroxylation is 1. The number of rotatable bonds is 8. The highest BCUT2D eigenvalue weighted by molar-refractivity contribution is 5.95. The standard InChI is InChI=1S/C16H28N4O/c1-6-17-15-10-14(9-12(4)18-15)16(21)19-13(5)11-20(7-2)8-3/h9-10,13H,6-8,11H2,1-5H3,(H,17,18)(H,19,21). The van der Waals surface area contributed by atoms with E-state index in [9.17, 15) is 4.79 Å². The zero-order valence-electron chi connectivity index (χ0n) is 13.9. The summed E-state index contributed by atoms with van der Waals surface area (Å²) in [7, 11) is 0. The molecule has 0 fully saturated rings. The second kappa shape index (κ2) is 8.62. The first-order valence-electron chi connectivity index (χ1n) is 7.75. The Morgan fingerprint density at radius 2 is 1.95 bits per heavy atom. The van der Waals surface area contributed by atoms with Gasteiger partial charge in [0.15, 0.2) is 0 Å². The molecule has 0 aliphatic rings. The van der Waals surface area contributed by atoms with Crippen molar-refractivity contribution in [1.29, 1.82) is 0 Å². The number of hydrogen-bond acceptors (Lipinski definition) is 4. The molecule has 118 valence electrons. The fourth-order valence-electron chi connectivity index (χ4n) is 2.29. The van der Waals surface area contributed by atoms with Crippen LogP contribution in [-0.2, 0) is 0 Å². The van der Waals surface area contributed by atoms with Crippen molar-refractivity contribution in [2.75, 3.05) is 31.5 Å². The Morgan fingerprint density at radius 3 is 2.52 bits per heavy atom. The van der Waals surface area contributed by atoms with Crippen LogP contribution in [0.25, 0.3) is 0 Å². The Kier molecular flexibility index (Phi) is 7.15. The van der Waals surface area contributed by atoms with Gasteiger partial charge in [0.1, 0.15) is 5.82 Å². The number of aromatic nitrogens is 1. The molecule has 0 aliphatic heterocycles. The van der Waals surface area contributed by atoms with E-state index in [2.05, 4.69) is 34.4 Å². The van der Waals surface area contributed by atoms with Crippen molar-refractivity contribution in [3.63, 3.8) is 0 Å². The fourth-order valence-corrected chi connectivity index (χ4v) is 2.29. The highest BCUT2D eigenvalue weighted by atomic mass is 16.1. The Hall–Kier alpha value is -1.62. The van der Waals surface area contributed by atoms with Gasteiger partial charge in [-0.15, -0.1) is 0 Å². The number of pyridine rings is 1. The normalized spacial score (nSPS) is 12.3. The number of nitrogens with zero attached hydrogens (tertiary/aromatic N) is 2. The lowest BCUT2D eigenvalue weighted by Gasteiger charge is -2.23. The Morgan fingerprint density at radius 1 is 1.29 bits per heavy atom. The van der Waals surface area contributed by atoms with Crippen LogP contribution in [-0.4, -0.2) is 48.0 Å². The Labute approximate surface area is 128 Å². The number of nitrogens with one attached hydrogen (secondary N) is 2.